The molecule has 1 aliphatic rings. The van der Waals surface area contributed by atoms with Gasteiger partial charge in [0.15, 0.2) is 0 Å². The number of aromatic nitrogens is 1. The second-order valence-electron chi connectivity index (χ2n) is 5.82. The number of hydrogen-bond acceptors (Lipinski definition) is 2. The summed E-state index contributed by atoms with van der Waals surface area (Å²) in [6, 6.07) is 9.90. The number of benzene rings is 1. The van der Waals surface area contributed by atoms with Gasteiger partial charge in [0.25, 0.3) is 0 Å². The minimum Gasteiger partial charge on any atom is -0.481 e. The molecule has 3 N–H and O–H groups in total. The molecule has 0 aliphatic heterocycles. The second-order valence-corrected chi connectivity index (χ2v) is 5.82. The van der Waals surface area contributed by atoms with Gasteiger partial charge in [-0.05, 0) is 41.5 Å². The first-order valence-corrected chi connectivity index (χ1v) is 7.33. The summed E-state index contributed by atoms with van der Waals surface area (Å²) in [7, 11) is 0. The van der Waals surface area contributed by atoms with Crippen molar-refractivity contribution in [1.29, 1.82) is 0 Å². The molecule has 1 unspecified atom stereocenters. The smallest absolute Gasteiger partial charge is 0.307 e. The molecule has 1 aromatic heterocycles. The molecule has 1 atom stereocenters. The monoisotopic (exact) mass is 284 g/mol. The molecular weight excluding hydrogens is 264 g/mol. The Morgan fingerprint density at radius 1 is 1.29 bits per heavy atom. The number of carboxylic acids is 1. The van der Waals surface area contributed by atoms with Crippen LogP contribution in [0, 0.1) is 5.92 Å². The molecule has 2 aromatic rings. The summed E-state index contributed by atoms with van der Waals surface area (Å²) in [5.74, 6) is -0.161. The van der Waals surface area contributed by atoms with Crippen LogP contribution in [0.15, 0.2) is 42.7 Å². The van der Waals surface area contributed by atoms with E-state index in [-0.39, 0.29) is 12.5 Å². The van der Waals surface area contributed by atoms with E-state index in [1.54, 1.807) is 0 Å². The van der Waals surface area contributed by atoms with Crippen molar-refractivity contribution in [2.75, 3.05) is 0 Å². The lowest BCUT2D eigenvalue weighted by atomic mass is 10.0. The molecule has 21 heavy (non-hydrogen) atoms. The van der Waals surface area contributed by atoms with E-state index in [2.05, 4.69) is 16.8 Å². The van der Waals surface area contributed by atoms with Crippen LogP contribution in [0.2, 0.25) is 0 Å². The van der Waals surface area contributed by atoms with Crippen LogP contribution < -0.4 is 5.73 Å². The molecule has 4 nitrogen and oxygen atoms in total. The number of carboxylic acid groups (broad SMARTS) is 1. The van der Waals surface area contributed by atoms with E-state index < -0.39 is 5.97 Å². The number of carbonyl (C=O) groups is 1. The fourth-order valence-electron chi connectivity index (χ4n) is 2.73. The molecule has 0 spiro atoms. The third-order valence-corrected chi connectivity index (χ3v) is 4.10. The second kappa shape index (κ2) is 5.74. The van der Waals surface area contributed by atoms with E-state index in [1.165, 1.54) is 18.4 Å². The zero-order valence-corrected chi connectivity index (χ0v) is 11.9. The van der Waals surface area contributed by atoms with Gasteiger partial charge in [0, 0.05) is 25.0 Å². The molecular formula is C17H20N2O2. The first-order valence-electron chi connectivity index (χ1n) is 7.33. The Labute approximate surface area is 124 Å². The first kappa shape index (κ1) is 13.9. The lowest BCUT2D eigenvalue weighted by Gasteiger charge is -2.10. The van der Waals surface area contributed by atoms with E-state index in [0.717, 1.165) is 11.1 Å². The fourth-order valence-corrected chi connectivity index (χ4v) is 2.73. The number of nitrogens with zero attached hydrogens (tertiary/aromatic N) is 1. The normalized spacial score (nSPS) is 15.9. The molecule has 110 valence electrons. The molecule has 4 heteroatoms. The van der Waals surface area contributed by atoms with Crippen LogP contribution in [0.3, 0.4) is 0 Å². The van der Waals surface area contributed by atoms with Gasteiger partial charge in [0.05, 0.1) is 6.42 Å². The molecule has 0 bridgehead atoms. The molecule has 0 amide bonds. The summed E-state index contributed by atoms with van der Waals surface area (Å²) in [5.41, 5.74) is 9.30. The minimum absolute atomic E-state index is 0.0614. The van der Waals surface area contributed by atoms with Gasteiger partial charge in [-0.1, -0.05) is 24.3 Å². The Hall–Kier alpha value is -2.07. The molecule has 1 aromatic carbocycles. The zero-order valence-electron chi connectivity index (χ0n) is 11.9. The van der Waals surface area contributed by atoms with Crippen LogP contribution in [0.25, 0.3) is 0 Å². The van der Waals surface area contributed by atoms with Gasteiger partial charge >= 0.3 is 5.97 Å². The van der Waals surface area contributed by atoms with Crippen molar-refractivity contribution in [3.05, 3.63) is 59.4 Å². The molecule has 1 heterocycles. The maximum Gasteiger partial charge on any atom is 0.307 e. The molecule has 1 saturated carbocycles. The third-order valence-electron chi connectivity index (χ3n) is 4.10. The van der Waals surface area contributed by atoms with Crippen LogP contribution in [-0.2, 0) is 17.8 Å². The van der Waals surface area contributed by atoms with Gasteiger partial charge in [-0.2, -0.15) is 0 Å². The van der Waals surface area contributed by atoms with Crippen molar-refractivity contribution in [3.63, 3.8) is 0 Å². The standard InChI is InChI=1S/C17H20N2O2/c18-17(12-5-6-12)15-7-8-19(11-15)10-14-4-2-1-3-13(14)9-16(20)21/h1-4,7-8,11-12,17H,5-6,9-10,18H2,(H,20,21). The minimum atomic E-state index is -0.800. The van der Waals surface area contributed by atoms with Crippen LogP contribution in [-0.4, -0.2) is 15.6 Å². The number of nitrogens with two attached hydrogens (primary N) is 1. The maximum atomic E-state index is 10.9. The largest absolute Gasteiger partial charge is 0.481 e. The zero-order chi connectivity index (χ0) is 14.8. The van der Waals surface area contributed by atoms with Crippen molar-refractivity contribution in [3.8, 4) is 0 Å². The highest BCUT2D eigenvalue weighted by Crippen LogP contribution is 2.39. The SMILES string of the molecule is NC(c1ccn(Cc2ccccc2CC(=O)O)c1)C1CC1. The summed E-state index contributed by atoms with van der Waals surface area (Å²) >= 11 is 0. The van der Waals surface area contributed by atoms with E-state index in [9.17, 15) is 4.79 Å². The first-order chi connectivity index (χ1) is 10.1. The average molecular weight is 284 g/mol. The third kappa shape index (κ3) is 3.34. The highest BCUT2D eigenvalue weighted by molar-refractivity contribution is 5.70. The van der Waals surface area contributed by atoms with Crippen molar-refractivity contribution in [2.24, 2.45) is 11.7 Å². The van der Waals surface area contributed by atoms with Gasteiger partial charge in [0.2, 0.25) is 0 Å². The van der Waals surface area contributed by atoms with Crippen molar-refractivity contribution < 1.29 is 9.90 Å². The summed E-state index contributed by atoms with van der Waals surface area (Å²) in [6.45, 7) is 0.681. The van der Waals surface area contributed by atoms with Gasteiger partial charge in [-0.15, -0.1) is 0 Å². The lowest BCUT2D eigenvalue weighted by Crippen LogP contribution is -2.11. The number of aliphatic carboxylic acids is 1. The van der Waals surface area contributed by atoms with Crippen LogP contribution in [0.1, 0.15) is 35.6 Å². The van der Waals surface area contributed by atoms with Crippen molar-refractivity contribution in [2.45, 2.75) is 31.8 Å². The molecule has 3 rings (SSSR count). The molecule has 0 saturated heterocycles. The van der Waals surface area contributed by atoms with E-state index >= 15 is 0 Å². The topological polar surface area (TPSA) is 68.2 Å². The van der Waals surface area contributed by atoms with Crippen LogP contribution in [0.5, 0.6) is 0 Å². The summed E-state index contributed by atoms with van der Waals surface area (Å²) in [5, 5.41) is 8.98. The summed E-state index contributed by atoms with van der Waals surface area (Å²) in [4.78, 5) is 10.9. The number of rotatable bonds is 6. The Bertz CT molecular complexity index is 644. The van der Waals surface area contributed by atoms with Gasteiger partial charge in [-0.3, -0.25) is 4.79 Å². The Kier molecular flexibility index (Phi) is 3.80. The number of hydrogen-bond donors (Lipinski definition) is 2. The van der Waals surface area contributed by atoms with Gasteiger partial charge in [-0.25, -0.2) is 0 Å². The van der Waals surface area contributed by atoms with Crippen LogP contribution in [0.4, 0.5) is 0 Å². The average Bonchev–Trinajstić information content (AvgIpc) is 3.20. The highest BCUT2D eigenvalue weighted by Gasteiger charge is 2.29. The summed E-state index contributed by atoms with van der Waals surface area (Å²) in [6.07, 6.45) is 6.63. The Morgan fingerprint density at radius 2 is 2.00 bits per heavy atom. The molecule has 1 fully saturated rings. The summed E-state index contributed by atoms with van der Waals surface area (Å²) < 4.78 is 2.08. The van der Waals surface area contributed by atoms with Gasteiger partial charge < -0.3 is 15.4 Å². The Morgan fingerprint density at radius 3 is 2.67 bits per heavy atom. The molecule has 0 radical (unpaired) electrons. The molecule has 1 aliphatic carbocycles. The van der Waals surface area contributed by atoms with E-state index in [4.69, 9.17) is 10.8 Å². The highest BCUT2D eigenvalue weighted by atomic mass is 16.4. The van der Waals surface area contributed by atoms with E-state index in [0.29, 0.717) is 12.5 Å². The van der Waals surface area contributed by atoms with Crippen molar-refractivity contribution in [1.82, 2.24) is 4.57 Å². The lowest BCUT2D eigenvalue weighted by molar-refractivity contribution is -0.136. The van der Waals surface area contributed by atoms with Gasteiger partial charge in [0.1, 0.15) is 0 Å². The van der Waals surface area contributed by atoms with Crippen LogP contribution >= 0.6 is 0 Å². The van der Waals surface area contributed by atoms with E-state index in [1.807, 2.05) is 30.5 Å². The Balaban J connectivity index is 1.75. The predicted molar refractivity (Wildman–Crippen MR) is 81.0 cm³/mol. The predicted octanol–water partition coefficient (Wildman–Crippen LogP) is 2.57. The quantitative estimate of drug-likeness (QED) is 0.856. The maximum absolute atomic E-state index is 10.9. The fraction of sp³-hybridized carbons (Fsp3) is 0.353. The van der Waals surface area contributed by atoms with Crippen molar-refractivity contribution >= 4 is 5.97 Å².